The second-order valence-electron chi connectivity index (χ2n) is 9.99. The van der Waals surface area contributed by atoms with Crippen LogP contribution in [0.5, 0.6) is 0 Å². The Labute approximate surface area is 267 Å². The molecule has 14 nitrogen and oxygen atoms in total. The van der Waals surface area contributed by atoms with Crippen molar-refractivity contribution in [2.45, 2.75) is 46.4 Å². The minimum atomic E-state index is -4.76. The topological polar surface area (TPSA) is 196 Å². The average molecular weight is 662 g/mol. The van der Waals surface area contributed by atoms with Crippen LogP contribution >= 0.6 is 0 Å². The van der Waals surface area contributed by atoms with Crippen molar-refractivity contribution in [3.8, 4) is 17.1 Å². The first-order valence-corrected chi connectivity index (χ1v) is 13.8. The van der Waals surface area contributed by atoms with Gasteiger partial charge >= 0.3 is 12.3 Å². The van der Waals surface area contributed by atoms with E-state index in [0.29, 0.717) is 22.4 Å². The number of amides is 3. The summed E-state index contributed by atoms with van der Waals surface area (Å²) in [6.45, 7) is 6.84. The zero-order chi connectivity index (χ0) is 35.5. The van der Waals surface area contributed by atoms with Crippen molar-refractivity contribution < 1.29 is 46.6 Å². The van der Waals surface area contributed by atoms with Crippen molar-refractivity contribution in [3.05, 3.63) is 72.0 Å². The van der Waals surface area contributed by atoms with E-state index in [4.69, 9.17) is 20.0 Å². The Balaban J connectivity index is 0.00000185. The van der Waals surface area contributed by atoms with Crippen molar-refractivity contribution in [2.24, 2.45) is 5.73 Å². The third-order valence-electron chi connectivity index (χ3n) is 5.45. The highest BCUT2D eigenvalue weighted by Crippen LogP contribution is 2.27. The maximum Gasteiger partial charge on any atom is 0.416 e. The normalized spacial score (nSPS) is 10.9. The number of hydrogen-bond donors (Lipinski definition) is 3. The second-order valence-corrected chi connectivity index (χ2v) is 9.99. The van der Waals surface area contributed by atoms with Gasteiger partial charge in [0.15, 0.2) is 11.4 Å². The fourth-order valence-electron chi connectivity index (χ4n) is 3.62. The molecule has 0 radical (unpaired) electrons. The van der Waals surface area contributed by atoms with E-state index < -0.39 is 42.0 Å². The lowest BCUT2D eigenvalue weighted by Crippen LogP contribution is -2.42. The number of nitrogens with zero attached hydrogens (tertiary/aromatic N) is 5. The first kappa shape index (κ1) is 37.6. The Hall–Kier alpha value is -5.58. The number of aldehydes is 1. The summed E-state index contributed by atoms with van der Waals surface area (Å²) in [4.78, 5) is 56.7. The van der Waals surface area contributed by atoms with Crippen LogP contribution in [0, 0.1) is 0 Å². The summed E-state index contributed by atoms with van der Waals surface area (Å²) in [6.07, 6.45) is -1.93. The van der Waals surface area contributed by atoms with Gasteiger partial charge in [0.1, 0.15) is 30.5 Å². The summed E-state index contributed by atoms with van der Waals surface area (Å²) in [6, 6.07) is 8.67. The molecular weight excluding hydrogens is 627 g/mol. The number of primary amides is 1. The number of nitrogens with one attached hydrogen (secondary N) is 1. The molecule has 252 valence electrons. The number of aliphatic hydroxyl groups excluding tert-OH is 1. The lowest BCUT2D eigenvalue weighted by Gasteiger charge is -2.27. The van der Waals surface area contributed by atoms with E-state index in [2.05, 4.69) is 20.4 Å². The van der Waals surface area contributed by atoms with Gasteiger partial charge in [-0.05, 0) is 57.2 Å². The monoisotopic (exact) mass is 661 g/mol. The number of nitrogens with two attached hydrogens (primary N) is 1. The second kappa shape index (κ2) is 16.1. The van der Waals surface area contributed by atoms with E-state index in [1.54, 1.807) is 12.1 Å². The maximum atomic E-state index is 13.3. The van der Waals surface area contributed by atoms with Gasteiger partial charge in [-0.1, -0.05) is 13.8 Å². The molecule has 0 aliphatic carbocycles. The quantitative estimate of drug-likeness (QED) is 0.216. The van der Waals surface area contributed by atoms with Crippen molar-refractivity contribution >= 4 is 35.7 Å². The predicted octanol–water partition coefficient (Wildman–Crippen LogP) is 5.02. The summed E-state index contributed by atoms with van der Waals surface area (Å²) < 4.78 is 51.6. The molecule has 17 heteroatoms. The SMILES string of the molecule is CC.CC(C)(C)OC(=O)N(CC(F)(F)F)c1cc(-c2nc(C(=O)Nc3cn(-c4ccc(C=O)cc4)nc3C(N)=O)co2)ccn1.CO. The molecule has 0 atom stereocenters. The van der Waals surface area contributed by atoms with Crippen LogP contribution in [0.3, 0.4) is 0 Å². The maximum absolute atomic E-state index is 13.3. The molecule has 0 bridgehead atoms. The van der Waals surface area contributed by atoms with Crippen molar-refractivity contribution in [1.29, 1.82) is 0 Å². The van der Waals surface area contributed by atoms with E-state index in [-0.39, 0.29) is 28.5 Å². The predicted molar refractivity (Wildman–Crippen MR) is 164 cm³/mol. The highest BCUT2D eigenvalue weighted by molar-refractivity contribution is 6.07. The number of pyridine rings is 1. The van der Waals surface area contributed by atoms with Gasteiger partial charge in [0, 0.05) is 24.4 Å². The van der Waals surface area contributed by atoms with Gasteiger partial charge in [-0.2, -0.15) is 18.3 Å². The molecule has 3 amide bonds. The molecule has 4 N–H and O–H groups in total. The number of aromatic nitrogens is 4. The zero-order valence-corrected chi connectivity index (χ0v) is 26.3. The van der Waals surface area contributed by atoms with E-state index in [1.165, 1.54) is 49.8 Å². The van der Waals surface area contributed by atoms with E-state index in [9.17, 15) is 32.3 Å². The van der Waals surface area contributed by atoms with Gasteiger partial charge in [-0.15, -0.1) is 0 Å². The number of oxazole rings is 1. The minimum absolute atomic E-state index is 0.0483. The molecule has 4 rings (SSSR count). The zero-order valence-electron chi connectivity index (χ0n) is 26.3. The number of rotatable bonds is 8. The molecule has 4 aromatic rings. The number of ether oxygens (including phenoxy) is 1. The first-order valence-electron chi connectivity index (χ1n) is 13.8. The van der Waals surface area contributed by atoms with Crippen molar-refractivity contribution in [2.75, 3.05) is 23.9 Å². The third kappa shape index (κ3) is 10.5. The summed E-state index contributed by atoms with van der Waals surface area (Å²) in [5, 5.41) is 13.6. The van der Waals surface area contributed by atoms with Crippen LogP contribution in [0.4, 0.5) is 29.5 Å². The number of carbonyl (C=O) groups is 4. The number of anilines is 2. The van der Waals surface area contributed by atoms with Crippen molar-refractivity contribution in [1.82, 2.24) is 19.7 Å². The molecule has 3 aromatic heterocycles. The smallest absolute Gasteiger partial charge is 0.416 e. The number of hydrogen-bond acceptors (Lipinski definition) is 10. The summed E-state index contributed by atoms with van der Waals surface area (Å²) >= 11 is 0. The molecule has 0 saturated heterocycles. The van der Waals surface area contributed by atoms with Crippen LogP contribution in [0.1, 0.15) is 66.0 Å². The molecule has 1 aromatic carbocycles. The molecule has 0 aliphatic heterocycles. The minimum Gasteiger partial charge on any atom is -0.444 e. The molecule has 47 heavy (non-hydrogen) atoms. The number of aliphatic hydroxyl groups is 1. The summed E-state index contributed by atoms with van der Waals surface area (Å²) in [7, 11) is 1.00. The van der Waals surface area contributed by atoms with Crippen LogP contribution in [-0.2, 0) is 4.74 Å². The molecule has 0 spiro atoms. The van der Waals surface area contributed by atoms with Gasteiger partial charge in [0.25, 0.3) is 11.8 Å². The van der Waals surface area contributed by atoms with Crippen LogP contribution in [0.15, 0.2) is 59.5 Å². The van der Waals surface area contributed by atoms with E-state index in [1.807, 2.05) is 13.8 Å². The molecule has 0 fully saturated rings. The third-order valence-corrected chi connectivity index (χ3v) is 5.45. The lowest BCUT2D eigenvalue weighted by molar-refractivity contribution is -0.119. The van der Waals surface area contributed by atoms with Crippen LogP contribution < -0.4 is 16.0 Å². The van der Waals surface area contributed by atoms with Crippen LogP contribution in [0.2, 0.25) is 0 Å². The van der Waals surface area contributed by atoms with E-state index >= 15 is 0 Å². The number of halogens is 3. The standard InChI is InChI=1S/C27H24F3N7O6.C2H6.CH4O/c1-26(2,3)43-25(41)36(14-27(28,29)30)20-10-16(8-9-32-20)24-34-19(13-42-24)23(40)33-18-11-37(35-21(18)22(31)39)17-6-4-15(12-38)5-7-17;2*1-2/h4-13H,14H2,1-3H3,(H2,31,39)(H,33,40);1-2H3;2H,1H3. The Morgan fingerprint density at radius 3 is 2.30 bits per heavy atom. The van der Waals surface area contributed by atoms with Crippen LogP contribution in [0.25, 0.3) is 17.1 Å². The number of benzene rings is 1. The molecule has 0 saturated carbocycles. The highest BCUT2D eigenvalue weighted by atomic mass is 19.4. The highest BCUT2D eigenvalue weighted by Gasteiger charge is 2.36. The Morgan fingerprint density at radius 2 is 1.74 bits per heavy atom. The lowest BCUT2D eigenvalue weighted by atomic mass is 10.2. The summed E-state index contributed by atoms with van der Waals surface area (Å²) in [5.41, 5.74) is 4.76. The van der Waals surface area contributed by atoms with Crippen LogP contribution in [-0.4, -0.2) is 74.5 Å². The van der Waals surface area contributed by atoms with E-state index in [0.717, 1.165) is 25.6 Å². The van der Waals surface area contributed by atoms with Gasteiger partial charge in [0.05, 0.1) is 17.6 Å². The molecule has 3 heterocycles. The summed E-state index contributed by atoms with van der Waals surface area (Å²) in [5.74, 6) is -2.33. The van der Waals surface area contributed by atoms with Gasteiger partial charge in [0.2, 0.25) is 5.89 Å². The average Bonchev–Trinajstić information content (AvgIpc) is 3.69. The largest absolute Gasteiger partial charge is 0.444 e. The van der Waals surface area contributed by atoms with Gasteiger partial charge in [-0.3, -0.25) is 19.3 Å². The number of alkyl halides is 3. The Morgan fingerprint density at radius 1 is 1.11 bits per heavy atom. The van der Waals surface area contributed by atoms with Gasteiger partial charge < -0.3 is 25.3 Å². The fourth-order valence-corrected chi connectivity index (χ4v) is 3.62. The fraction of sp³-hybridized carbons (Fsp3) is 0.300. The molecular formula is C30H34F3N7O7. The Bertz CT molecular complexity index is 1680. The molecule has 0 unspecified atom stereocenters. The molecule has 0 aliphatic rings. The van der Waals surface area contributed by atoms with Crippen molar-refractivity contribution in [3.63, 3.8) is 0 Å². The number of carbonyl (C=O) groups excluding carboxylic acids is 4. The Kier molecular flexibility index (Phi) is 12.9. The van der Waals surface area contributed by atoms with Gasteiger partial charge in [-0.25, -0.2) is 19.4 Å². The first-order chi connectivity index (χ1) is 22.1.